The summed E-state index contributed by atoms with van der Waals surface area (Å²) in [6, 6.07) is 12.6. The number of phenolic OH excluding ortho intramolecular Hbond substituents is 1. The lowest BCUT2D eigenvalue weighted by molar-refractivity contribution is 0.470. The van der Waals surface area contributed by atoms with E-state index in [9.17, 15) is 78.4 Å². The number of fused-ring (bicyclic) bond motifs is 2. The summed E-state index contributed by atoms with van der Waals surface area (Å²) in [5.74, 6) is -1.97. The van der Waals surface area contributed by atoms with Crippen molar-refractivity contribution in [2.24, 2.45) is 20.5 Å². The standard InChI is InChI=1S/C32H23N5O19S6/c33-32-25(15-29(61(51,52)53)21-11-18(58(42,43)44)13-26(38)31(21)32)37-35-23-8-7-22(34-36-24-12-17(57(39,40)41)6-9-28(24)60(48,49)50)20-10-19(59(45,46)47)14-27(30(20)23)56-62(54,55)16-4-2-1-3-5-16/h1-15,38H,33H2,(H,39,40,41)(H,42,43,44)(H,45,46,47)(H,48,49,50)(H,51,52,53). The van der Waals surface area contributed by atoms with Crippen molar-refractivity contribution in [3.63, 3.8) is 0 Å². The quantitative estimate of drug-likeness (QED) is 0.0362. The van der Waals surface area contributed by atoms with Crippen LogP contribution in [0.15, 0.2) is 141 Å². The van der Waals surface area contributed by atoms with Crippen LogP contribution in [0.5, 0.6) is 11.5 Å². The van der Waals surface area contributed by atoms with Gasteiger partial charge in [-0.3, -0.25) is 22.8 Å². The van der Waals surface area contributed by atoms with Gasteiger partial charge >= 0.3 is 10.1 Å². The first kappa shape index (κ1) is 45.5. The minimum absolute atomic E-state index is 0.480. The van der Waals surface area contributed by atoms with Gasteiger partial charge in [-0.25, -0.2) is 0 Å². The molecule has 30 heteroatoms. The van der Waals surface area contributed by atoms with Crippen LogP contribution in [0, 0.1) is 0 Å². The van der Waals surface area contributed by atoms with Gasteiger partial charge in [0.15, 0.2) is 5.75 Å². The molecule has 0 aliphatic rings. The first-order chi connectivity index (χ1) is 28.5. The summed E-state index contributed by atoms with van der Waals surface area (Å²) in [6.07, 6.45) is 0. The molecule has 0 saturated carbocycles. The average Bonchev–Trinajstić information content (AvgIpc) is 3.14. The molecule has 62 heavy (non-hydrogen) atoms. The summed E-state index contributed by atoms with van der Waals surface area (Å²) in [7, 11) is -30.8. The number of anilines is 1. The van der Waals surface area contributed by atoms with Gasteiger partial charge in [0.05, 0.1) is 42.5 Å². The highest BCUT2D eigenvalue weighted by Gasteiger charge is 2.27. The van der Waals surface area contributed by atoms with Crippen LogP contribution >= 0.6 is 0 Å². The van der Waals surface area contributed by atoms with Gasteiger partial charge in [0, 0.05) is 22.9 Å². The van der Waals surface area contributed by atoms with Crippen LogP contribution in [0.25, 0.3) is 21.5 Å². The Bertz CT molecular complexity index is 3660. The monoisotopic (exact) mass is 973 g/mol. The zero-order chi connectivity index (χ0) is 46.0. The molecule has 6 rings (SSSR count). The third kappa shape index (κ3) is 9.38. The number of nitrogens with zero attached hydrogens (tertiary/aromatic N) is 4. The maximum Gasteiger partial charge on any atom is 0.339 e. The Hall–Kier alpha value is -6.06. The highest BCUT2D eigenvalue weighted by molar-refractivity contribution is 7.87. The third-order valence-corrected chi connectivity index (χ3v) is 13.9. The number of hydrogen-bond donors (Lipinski definition) is 7. The predicted octanol–water partition coefficient (Wildman–Crippen LogP) is 5.11. The van der Waals surface area contributed by atoms with Crippen LogP contribution in [0.1, 0.15) is 0 Å². The molecule has 0 unspecified atom stereocenters. The maximum atomic E-state index is 13.5. The first-order valence-corrected chi connectivity index (χ1v) is 24.6. The molecule has 8 N–H and O–H groups in total. The van der Waals surface area contributed by atoms with Gasteiger partial charge in [-0.05, 0) is 60.7 Å². The molecule has 326 valence electrons. The first-order valence-electron chi connectivity index (χ1n) is 16.0. The largest absolute Gasteiger partial charge is 0.507 e. The van der Waals surface area contributed by atoms with Gasteiger partial charge in [-0.15, -0.1) is 20.5 Å². The summed E-state index contributed by atoms with van der Waals surface area (Å²) in [4.78, 5) is -5.64. The minimum Gasteiger partial charge on any atom is -0.507 e. The number of rotatable bonds is 12. The Morgan fingerprint density at radius 3 is 1.53 bits per heavy atom. The van der Waals surface area contributed by atoms with Crippen molar-refractivity contribution >= 4 is 111 Å². The second-order valence-electron chi connectivity index (χ2n) is 12.4. The average molecular weight is 974 g/mol. The van der Waals surface area contributed by atoms with Gasteiger partial charge in [0.1, 0.15) is 31.8 Å². The molecule has 0 aromatic heterocycles. The van der Waals surface area contributed by atoms with Crippen molar-refractivity contribution in [2.75, 3.05) is 5.73 Å². The highest BCUT2D eigenvalue weighted by atomic mass is 32.2. The highest BCUT2D eigenvalue weighted by Crippen LogP contribution is 2.46. The third-order valence-electron chi connectivity index (χ3n) is 8.32. The van der Waals surface area contributed by atoms with Crippen LogP contribution in [0.2, 0.25) is 0 Å². The summed E-state index contributed by atoms with van der Waals surface area (Å²) in [5.41, 5.74) is 2.88. The SMILES string of the molecule is Nc1c(N=Nc2ccc(N=Nc3cc(S(=O)(=O)O)ccc3S(=O)(=O)O)c3cc(S(=O)(=O)O)cc(OS(=O)(=O)c4ccccc4)c23)cc(S(=O)(=O)O)c2cc(S(=O)(=O)O)cc(O)c12. The van der Waals surface area contributed by atoms with Gasteiger partial charge in [0.25, 0.3) is 50.6 Å². The van der Waals surface area contributed by atoms with E-state index in [1.54, 1.807) is 0 Å². The van der Waals surface area contributed by atoms with Crippen molar-refractivity contribution in [3.8, 4) is 11.5 Å². The summed E-state index contributed by atoms with van der Waals surface area (Å²) in [5, 5.41) is 23.5. The summed E-state index contributed by atoms with van der Waals surface area (Å²) in [6.45, 7) is 0. The molecular weight excluding hydrogens is 951 g/mol. The summed E-state index contributed by atoms with van der Waals surface area (Å²) < 4.78 is 203. The Kier molecular flexibility index (Phi) is 11.5. The molecule has 0 aliphatic heterocycles. The van der Waals surface area contributed by atoms with E-state index in [2.05, 4.69) is 20.5 Å². The molecule has 0 radical (unpaired) electrons. The van der Waals surface area contributed by atoms with Gasteiger partial charge < -0.3 is 15.0 Å². The molecule has 0 spiro atoms. The Labute approximate surface area is 349 Å². The smallest absolute Gasteiger partial charge is 0.339 e. The van der Waals surface area contributed by atoms with Crippen molar-refractivity contribution in [1.82, 2.24) is 0 Å². The van der Waals surface area contributed by atoms with Crippen LogP contribution < -0.4 is 9.92 Å². The van der Waals surface area contributed by atoms with Crippen molar-refractivity contribution < 1.29 is 82.6 Å². The van der Waals surface area contributed by atoms with E-state index in [1.807, 2.05) is 0 Å². The number of azo groups is 2. The molecule has 0 atom stereocenters. The molecule has 6 aromatic carbocycles. The van der Waals surface area contributed by atoms with E-state index in [4.69, 9.17) is 9.92 Å². The number of nitrogen functional groups attached to an aromatic ring is 1. The van der Waals surface area contributed by atoms with Crippen molar-refractivity contribution in [2.45, 2.75) is 29.4 Å². The van der Waals surface area contributed by atoms with Gasteiger partial charge in [-0.2, -0.15) is 50.5 Å². The fourth-order valence-electron chi connectivity index (χ4n) is 5.63. The Morgan fingerprint density at radius 1 is 0.435 bits per heavy atom. The minimum atomic E-state index is -5.33. The molecule has 0 saturated heterocycles. The van der Waals surface area contributed by atoms with Crippen LogP contribution in [0.3, 0.4) is 0 Å². The second kappa shape index (κ2) is 15.7. The van der Waals surface area contributed by atoms with E-state index in [0.717, 1.165) is 24.3 Å². The Balaban J connectivity index is 1.68. The number of aromatic hydroxyl groups is 1. The maximum absolute atomic E-state index is 13.5. The van der Waals surface area contributed by atoms with Gasteiger partial charge in [0.2, 0.25) is 0 Å². The van der Waals surface area contributed by atoms with E-state index in [0.29, 0.717) is 48.5 Å². The molecular formula is C32H23N5O19S6. The predicted molar refractivity (Wildman–Crippen MR) is 212 cm³/mol. The van der Waals surface area contributed by atoms with E-state index < -0.39 is 152 Å². The molecule has 6 aromatic rings. The zero-order valence-electron chi connectivity index (χ0n) is 30.0. The van der Waals surface area contributed by atoms with Crippen molar-refractivity contribution in [3.05, 3.63) is 91.0 Å². The molecule has 24 nitrogen and oxygen atoms in total. The van der Waals surface area contributed by atoms with E-state index in [1.165, 1.54) is 18.2 Å². The normalized spacial score (nSPS) is 13.4. The number of benzene rings is 6. The zero-order valence-corrected chi connectivity index (χ0v) is 34.9. The van der Waals surface area contributed by atoms with Crippen LogP contribution in [-0.2, 0) is 60.7 Å². The fourth-order valence-corrected chi connectivity index (χ4v) is 9.44. The lowest BCUT2D eigenvalue weighted by Gasteiger charge is -2.14. The molecule has 0 aliphatic carbocycles. The van der Waals surface area contributed by atoms with Crippen LogP contribution in [0.4, 0.5) is 28.4 Å². The Morgan fingerprint density at radius 2 is 0.952 bits per heavy atom. The lowest BCUT2D eigenvalue weighted by Crippen LogP contribution is -2.10. The molecule has 0 heterocycles. The second-order valence-corrected chi connectivity index (χ2v) is 21.0. The van der Waals surface area contributed by atoms with Crippen molar-refractivity contribution in [1.29, 1.82) is 0 Å². The fraction of sp³-hybridized carbons (Fsp3) is 0. The molecule has 0 bridgehead atoms. The van der Waals surface area contributed by atoms with Gasteiger partial charge in [-0.1, -0.05) is 18.2 Å². The van der Waals surface area contributed by atoms with Crippen LogP contribution in [-0.4, -0.2) is 78.4 Å². The number of hydrogen-bond acceptors (Lipinski definition) is 19. The molecule has 0 amide bonds. The number of nitrogens with two attached hydrogens (primary N) is 1. The van der Waals surface area contributed by atoms with E-state index in [-0.39, 0.29) is 0 Å². The molecule has 0 fully saturated rings. The van der Waals surface area contributed by atoms with E-state index >= 15 is 0 Å². The summed E-state index contributed by atoms with van der Waals surface area (Å²) >= 11 is 0. The number of phenols is 1. The topological polar surface area (TPSA) is 411 Å². The lowest BCUT2D eigenvalue weighted by atomic mass is 10.1.